The van der Waals surface area contributed by atoms with Gasteiger partial charge in [-0.3, -0.25) is 0 Å². The zero-order valence-corrected chi connectivity index (χ0v) is 12.0. The lowest BCUT2D eigenvalue weighted by molar-refractivity contribution is 0.288. The van der Waals surface area contributed by atoms with Crippen LogP contribution in [0.15, 0.2) is 24.3 Å². The molecule has 0 heterocycles. The van der Waals surface area contributed by atoms with Gasteiger partial charge in [-0.2, -0.15) is 0 Å². The van der Waals surface area contributed by atoms with Crippen LogP contribution in [-0.4, -0.2) is 31.6 Å². The topological polar surface area (TPSA) is 15.3 Å². The summed E-state index contributed by atoms with van der Waals surface area (Å²) in [5, 5.41) is 4.42. The third-order valence-electron chi connectivity index (χ3n) is 2.88. The Kier molecular flexibility index (Phi) is 5.96. The molecule has 1 rings (SSSR count). The minimum absolute atomic E-state index is 0.487. The Hall–Kier alpha value is -0.570. The van der Waals surface area contributed by atoms with Crippen molar-refractivity contribution < 1.29 is 0 Å². The lowest BCUT2D eigenvalue weighted by atomic mass is 10.0. The normalized spacial score (nSPS) is 13.4. The highest BCUT2D eigenvalue weighted by atomic mass is 35.5. The van der Waals surface area contributed by atoms with Crippen LogP contribution in [0.3, 0.4) is 0 Å². The van der Waals surface area contributed by atoms with Crippen LogP contribution in [0.4, 0.5) is 0 Å². The molecule has 17 heavy (non-hydrogen) atoms. The van der Waals surface area contributed by atoms with E-state index in [9.17, 15) is 0 Å². The molecule has 0 bridgehead atoms. The molecule has 1 aromatic carbocycles. The van der Waals surface area contributed by atoms with Crippen molar-refractivity contribution in [3.05, 3.63) is 34.9 Å². The number of likely N-dealkylation sites (N-methyl/N-ethyl adjacent to an activating group) is 1. The maximum Gasteiger partial charge on any atom is 0.0450 e. The SMILES string of the molecule is CC(C)C(CN(C)C)NCc1ccccc1Cl. The van der Waals surface area contributed by atoms with Crippen LogP contribution >= 0.6 is 11.6 Å². The number of nitrogens with one attached hydrogen (secondary N) is 1. The Morgan fingerprint density at radius 2 is 1.88 bits per heavy atom. The maximum atomic E-state index is 6.14. The van der Waals surface area contributed by atoms with Crippen LogP contribution in [0.2, 0.25) is 5.02 Å². The number of rotatable bonds is 6. The van der Waals surface area contributed by atoms with Gasteiger partial charge in [-0.15, -0.1) is 0 Å². The molecule has 0 amide bonds. The summed E-state index contributed by atoms with van der Waals surface area (Å²) < 4.78 is 0. The van der Waals surface area contributed by atoms with Crippen LogP contribution in [0.25, 0.3) is 0 Å². The standard InChI is InChI=1S/C14H23ClN2/c1-11(2)14(10-17(3)4)16-9-12-7-5-6-8-13(12)15/h5-8,11,14,16H,9-10H2,1-4H3. The second-order valence-electron chi connectivity index (χ2n) is 5.09. The first-order chi connectivity index (χ1) is 8.00. The molecule has 1 N–H and O–H groups in total. The Labute approximate surface area is 110 Å². The van der Waals surface area contributed by atoms with Crippen LogP contribution in [-0.2, 0) is 6.54 Å². The zero-order chi connectivity index (χ0) is 12.8. The molecule has 3 heteroatoms. The van der Waals surface area contributed by atoms with Crippen molar-refractivity contribution in [3.8, 4) is 0 Å². The van der Waals surface area contributed by atoms with Gasteiger partial charge in [-0.05, 0) is 31.6 Å². The molecule has 0 fully saturated rings. The zero-order valence-electron chi connectivity index (χ0n) is 11.2. The van der Waals surface area contributed by atoms with Gasteiger partial charge in [0.1, 0.15) is 0 Å². The molecule has 0 saturated heterocycles. The number of benzene rings is 1. The lowest BCUT2D eigenvalue weighted by Gasteiger charge is -2.26. The minimum Gasteiger partial charge on any atom is -0.308 e. The van der Waals surface area contributed by atoms with E-state index in [2.05, 4.69) is 44.2 Å². The molecule has 0 aliphatic rings. The van der Waals surface area contributed by atoms with Gasteiger partial charge in [-0.25, -0.2) is 0 Å². The van der Waals surface area contributed by atoms with Gasteiger partial charge in [0, 0.05) is 24.2 Å². The maximum absolute atomic E-state index is 6.14. The molecular formula is C14H23ClN2. The highest BCUT2D eigenvalue weighted by molar-refractivity contribution is 6.31. The Bertz CT molecular complexity index is 337. The average molecular weight is 255 g/mol. The largest absolute Gasteiger partial charge is 0.308 e. The van der Waals surface area contributed by atoms with Crippen molar-refractivity contribution in [1.29, 1.82) is 0 Å². The highest BCUT2D eigenvalue weighted by Gasteiger charge is 2.13. The number of nitrogens with zero attached hydrogens (tertiary/aromatic N) is 1. The number of halogens is 1. The van der Waals surface area contributed by atoms with Crippen LogP contribution in [0, 0.1) is 5.92 Å². The molecule has 96 valence electrons. The first-order valence-corrected chi connectivity index (χ1v) is 6.50. The summed E-state index contributed by atoms with van der Waals surface area (Å²) in [4.78, 5) is 2.21. The fraction of sp³-hybridized carbons (Fsp3) is 0.571. The quantitative estimate of drug-likeness (QED) is 0.840. The summed E-state index contributed by atoms with van der Waals surface area (Å²) in [6.45, 7) is 6.36. The summed E-state index contributed by atoms with van der Waals surface area (Å²) >= 11 is 6.14. The van der Waals surface area contributed by atoms with Gasteiger partial charge in [0.15, 0.2) is 0 Å². The second kappa shape index (κ2) is 7.00. The third-order valence-corrected chi connectivity index (χ3v) is 3.25. The molecule has 1 unspecified atom stereocenters. The fourth-order valence-corrected chi connectivity index (χ4v) is 1.99. The van der Waals surface area contributed by atoms with Crippen LogP contribution < -0.4 is 5.32 Å². The molecule has 2 nitrogen and oxygen atoms in total. The first kappa shape index (κ1) is 14.5. The summed E-state index contributed by atoms with van der Waals surface area (Å²) in [6, 6.07) is 8.49. The second-order valence-corrected chi connectivity index (χ2v) is 5.49. The van der Waals surface area contributed by atoms with E-state index in [1.54, 1.807) is 0 Å². The summed E-state index contributed by atoms with van der Waals surface area (Å²) in [7, 11) is 4.21. The van der Waals surface area contributed by atoms with Crippen LogP contribution in [0.5, 0.6) is 0 Å². The van der Waals surface area contributed by atoms with Crippen LogP contribution in [0.1, 0.15) is 19.4 Å². The van der Waals surface area contributed by atoms with E-state index in [0.717, 1.165) is 18.1 Å². The van der Waals surface area contributed by atoms with E-state index in [0.29, 0.717) is 12.0 Å². The molecule has 1 aromatic rings. The molecule has 1 atom stereocenters. The van der Waals surface area contributed by atoms with Gasteiger partial charge in [0.2, 0.25) is 0 Å². The molecule has 0 saturated carbocycles. The number of hydrogen-bond acceptors (Lipinski definition) is 2. The highest BCUT2D eigenvalue weighted by Crippen LogP contribution is 2.15. The van der Waals surface area contributed by atoms with Gasteiger partial charge in [-0.1, -0.05) is 43.6 Å². The van der Waals surface area contributed by atoms with Crippen molar-refractivity contribution in [2.75, 3.05) is 20.6 Å². The van der Waals surface area contributed by atoms with E-state index in [4.69, 9.17) is 11.6 Å². The van der Waals surface area contributed by atoms with Crippen molar-refractivity contribution in [2.45, 2.75) is 26.4 Å². The monoisotopic (exact) mass is 254 g/mol. The summed E-state index contributed by atoms with van der Waals surface area (Å²) in [5.41, 5.74) is 1.17. The van der Waals surface area contributed by atoms with Crippen molar-refractivity contribution >= 4 is 11.6 Å². The molecule has 0 radical (unpaired) electrons. The summed E-state index contributed by atoms with van der Waals surface area (Å²) in [5.74, 6) is 0.611. The summed E-state index contributed by atoms with van der Waals surface area (Å²) in [6.07, 6.45) is 0. The van der Waals surface area contributed by atoms with E-state index in [-0.39, 0.29) is 0 Å². The lowest BCUT2D eigenvalue weighted by Crippen LogP contribution is -2.41. The predicted molar refractivity (Wildman–Crippen MR) is 75.5 cm³/mol. The first-order valence-electron chi connectivity index (χ1n) is 6.12. The van der Waals surface area contributed by atoms with E-state index < -0.39 is 0 Å². The molecular weight excluding hydrogens is 232 g/mol. The minimum atomic E-state index is 0.487. The molecule has 0 spiro atoms. The van der Waals surface area contributed by atoms with Gasteiger partial charge < -0.3 is 10.2 Å². The van der Waals surface area contributed by atoms with Crippen molar-refractivity contribution in [2.24, 2.45) is 5.92 Å². The fourth-order valence-electron chi connectivity index (χ4n) is 1.79. The third kappa shape index (κ3) is 5.07. The van der Waals surface area contributed by atoms with E-state index >= 15 is 0 Å². The Balaban J connectivity index is 2.55. The predicted octanol–water partition coefficient (Wildman–Crippen LogP) is 3.02. The van der Waals surface area contributed by atoms with Gasteiger partial charge >= 0.3 is 0 Å². The van der Waals surface area contributed by atoms with Crippen molar-refractivity contribution in [1.82, 2.24) is 10.2 Å². The van der Waals surface area contributed by atoms with E-state index in [1.165, 1.54) is 5.56 Å². The average Bonchev–Trinajstić information content (AvgIpc) is 2.25. The van der Waals surface area contributed by atoms with E-state index in [1.807, 2.05) is 18.2 Å². The Morgan fingerprint density at radius 1 is 1.24 bits per heavy atom. The van der Waals surface area contributed by atoms with Gasteiger partial charge in [0.25, 0.3) is 0 Å². The van der Waals surface area contributed by atoms with Crippen molar-refractivity contribution in [3.63, 3.8) is 0 Å². The Morgan fingerprint density at radius 3 is 2.41 bits per heavy atom. The smallest absolute Gasteiger partial charge is 0.0450 e. The molecule has 0 aromatic heterocycles. The van der Waals surface area contributed by atoms with Gasteiger partial charge in [0.05, 0.1) is 0 Å². The molecule has 0 aliphatic heterocycles. The molecule has 0 aliphatic carbocycles. The number of hydrogen-bond donors (Lipinski definition) is 1.